The lowest BCUT2D eigenvalue weighted by molar-refractivity contribution is 0.0929. The van der Waals surface area contributed by atoms with E-state index in [4.69, 9.17) is 11.6 Å². The highest BCUT2D eigenvalue weighted by Crippen LogP contribution is 2.33. The fourth-order valence-electron chi connectivity index (χ4n) is 2.70. The third-order valence-corrected chi connectivity index (χ3v) is 3.94. The van der Waals surface area contributed by atoms with E-state index < -0.39 is 11.7 Å². The number of carbonyl (C=O) groups is 1. The number of carbonyl (C=O) groups excluding carboxylic acids is 1. The molecule has 0 saturated carbocycles. The fraction of sp³-hybridized carbons (Fsp3) is 0.188. The summed E-state index contributed by atoms with van der Waals surface area (Å²) in [4.78, 5) is 12.2. The number of hydrogen-bond donors (Lipinski definition) is 2. The minimum Gasteiger partial charge on any atom is -0.507 e. The molecular weight excluding hydrogens is 293 g/mol. The van der Waals surface area contributed by atoms with E-state index in [1.807, 2.05) is 12.1 Å². The zero-order valence-corrected chi connectivity index (χ0v) is 11.8. The van der Waals surface area contributed by atoms with Gasteiger partial charge < -0.3 is 10.4 Å². The number of phenolic OH excluding ortho intramolecular Hbond substituents is 1. The summed E-state index contributed by atoms with van der Waals surface area (Å²) in [6.07, 6.45) is 1.54. The van der Waals surface area contributed by atoms with Gasteiger partial charge in [0.1, 0.15) is 17.1 Å². The first-order chi connectivity index (χ1) is 10.1. The number of aryl methyl sites for hydroxylation is 1. The van der Waals surface area contributed by atoms with Crippen LogP contribution in [0.2, 0.25) is 5.02 Å². The maximum absolute atomic E-state index is 13.7. The van der Waals surface area contributed by atoms with Crippen LogP contribution in [-0.2, 0) is 6.42 Å². The van der Waals surface area contributed by atoms with E-state index in [1.54, 1.807) is 6.07 Å². The SMILES string of the molecule is O=C(N[C@@H]1CCc2cc(Cl)ccc21)c1c(O)cccc1F. The Morgan fingerprint density at radius 2 is 2.14 bits per heavy atom. The van der Waals surface area contributed by atoms with Crippen LogP contribution in [-0.4, -0.2) is 11.0 Å². The van der Waals surface area contributed by atoms with E-state index in [9.17, 15) is 14.3 Å². The van der Waals surface area contributed by atoms with Gasteiger partial charge >= 0.3 is 0 Å². The number of rotatable bonds is 2. The van der Waals surface area contributed by atoms with Crippen molar-refractivity contribution < 1.29 is 14.3 Å². The normalized spacial score (nSPS) is 16.6. The lowest BCUT2D eigenvalue weighted by Crippen LogP contribution is -2.28. The molecular formula is C16H13ClFNO2. The zero-order chi connectivity index (χ0) is 15.0. The van der Waals surface area contributed by atoms with Gasteiger partial charge in [-0.2, -0.15) is 0 Å². The van der Waals surface area contributed by atoms with Crippen LogP contribution in [0, 0.1) is 5.82 Å². The minimum absolute atomic E-state index is 0.191. The minimum atomic E-state index is -0.734. The number of halogens is 2. The second-order valence-corrected chi connectivity index (χ2v) is 5.48. The summed E-state index contributed by atoms with van der Waals surface area (Å²) in [5.41, 5.74) is 1.76. The molecule has 1 atom stereocenters. The van der Waals surface area contributed by atoms with Gasteiger partial charge in [-0.3, -0.25) is 4.79 Å². The lowest BCUT2D eigenvalue weighted by atomic mass is 10.1. The topological polar surface area (TPSA) is 49.3 Å². The van der Waals surface area contributed by atoms with Gasteiger partial charge in [0.25, 0.3) is 5.91 Å². The van der Waals surface area contributed by atoms with Gasteiger partial charge in [0.15, 0.2) is 0 Å². The summed E-state index contributed by atoms with van der Waals surface area (Å²) in [6.45, 7) is 0. The molecule has 0 heterocycles. The number of hydrogen-bond acceptors (Lipinski definition) is 2. The summed E-state index contributed by atoms with van der Waals surface area (Å²) in [5.74, 6) is -1.71. The molecule has 0 aromatic heterocycles. The predicted octanol–water partition coefficient (Wildman–Crippen LogP) is 3.60. The fourth-order valence-corrected chi connectivity index (χ4v) is 2.90. The van der Waals surface area contributed by atoms with Gasteiger partial charge in [0.2, 0.25) is 0 Å². The molecule has 3 rings (SSSR count). The Balaban J connectivity index is 1.85. The molecule has 0 spiro atoms. The van der Waals surface area contributed by atoms with Gasteiger partial charge in [-0.25, -0.2) is 4.39 Å². The van der Waals surface area contributed by atoms with Gasteiger partial charge in [-0.05, 0) is 48.2 Å². The molecule has 0 fully saturated rings. The summed E-state index contributed by atoms with van der Waals surface area (Å²) >= 11 is 5.94. The number of amides is 1. The molecule has 21 heavy (non-hydrogen) atoms. The second-order valence-electron chi connectivity index (χ2n) is 5.04. The Morgan fingerprint density at radius 1 is 1.33 bits per heavy atom. The van der Waals surface area contributed by atoms with Gasteiger partial charge in [0.05, 0.1) is 6.04 Å². The first-order valence-electron chi connectivity index (χ1n) is 6.63. The first kappa shape index (κ1) is 13.9. The van der Waals surface area contributed by atoms with E-state index in [-0.39, 0.29) is 17.4 Å². The third-order valence-electron chi connectivity index (χ3n) is 3.71. The van der Waals surface area contributed by atoms with Crippen molar-refractivity contribution in [2.45, 2.75) is 18.9 Å². The molecule has 2 aromatic rings. The highest BCUT2D eigenvalue weighted by Gasteiger charge is 2.26. The number of phenols is 1. The summed E-state index contributed by atoms with van der Waals surface area (Å²) < 4.78 is 13.7. The summed E-state index contributed by atoms with van der Waals surface area (Å²) in [5, 5.41) is 13.1. The van der Waals surface area contributed by atoms with Gasteiger partial charge in [-0.1, -0.05) is 23.7 Å². The molecule has 5 heteroatoms. The van der Waals surface area contributed by atoms with Crippen molar-refractivity contribution in [1.29, 1.82) is 0 Å². The molecule has 0 radical (unpaired) electrons. The lowest BCUT2D eigenvalue weighted by Gasteiger charge is -2.15. The van der Waals surface area contributed by atoms with E-state index in [0.29, 0.717) is 5.02 Å². The van der Waals surface area contributed by atoms with Crippen LogP contribution in [0.1, 0.15) is 33.9 Å². The largest absolute Gasteiger partial charge is 0.507 e. The van der Waals surface area contributed by atoms with E-state index in [1.165, 1.54) is 12.1 Å². The van der Waals surface area contributed by atoms with Crippen molar-refractivity contribution in [2.75, 3.05) is 0 Å². The molecule has 1 amide bonds. The van der Waals surface area contributed by atoms with Crippen molar-refractivity contribution in [2.24, 2.45) is 0 Å². The van der Waals surface area contributed by atoms with E-state index in [0.717, 1.165) is 30.0 Å². The Morgan fingerprint density at radius 3 is 2.90 bits per heavy atom. The number of benzene rings is 2. The van der Waals surface area contributed by atoms with Crippen molar-refractivity contribution >= 4 is 17.5 Å². The third kappa shape index (κ3) is 2.59. The maximum atomic E-state index is 13.7. The van der Waals surface area contributed by atoms with Crippen LogP contribution in [0.5, 0.6) is 5.75 Å². The maximum Gasteiger partial charge on any atom is 0.258 e. The average Bonchev–Trinajstić information content (AvgIpc) is 2.80. The van der Waals surface area contributed by atoms with Crippen molar-refractivity contribution in [3.63, 3.8) is 0 Å². The monoisotopic (exact) mass is 305 g/mol. The highest BCUT2D eigenvalue weighted by molar-refractivity contribution is 6.30. The Labute approximate surface area is 126 Å². The summed E-state index contributed by atoms with van der Waals surface area (Å²) in [6, 6.07) is 9.13. The zero-order valence-electron chi connectivity index (χ0n) is 11.1. The van der Waals surface area contributed by atoms with Crippen molar-refractivity contribution in [3.05, 3.63) is 63.9 Å². The van der Waals surface area contributed by atoms with Crippen molar-refractivity contribution in [1.82, 2.24) is 5.32 Å². The molecule has 1 aliphatic carbocycles. The predicted molar refractivity (Wildman–Crippen MR) is 78.0 cm³/mol. The van der Waals surface area contributed by atoms with Crippen LogP contribution in [0.3, 0.4) is 0 Å². The van der Waals surface area contributed by atoms with Crippen LogP contribution < -0.4 is 5.32 Å². The highest BCUT2D eigenvalue weighted by atomic mass is 35.5. The van der Waals surface area contributed by atoms with Crippen molar-refractivity contribution in [3.8, 4) is 5.75 Å². The number of aromatic hydroxyl groups is 1. The smallest absolute Gasteiger partial charge is 0.258 e. The number of fused-ring (bicyclic) bond motifs is 1. The number of nitrogens with one attached hydrogen (secondary N) is 1. The van der Waals surface area contributed by atoms with Crippen LogP contribution in [0.15, 0.2) is 36.4 Å². The Bertz CT molecular complexity index is 697. The molecule has 2 N–H and O–H groups in total. The van der Waals surface area contributed by atoms with E-state index >= 15 is 0 Å². The van der Waals surface area contributed by atoms with Gasteiger partial charge in [-0.15, -0.1) is 0 Å². The van der Waals surface area contributed by atoms with Gasteiger partial charge in [0, 0.05) is 5.02 Å². The van der Waals surface area contributed by atoms with Crippen LogP contribution in [0.4, 0.5) is 4.39 Å². The molecule has 1 aliphatic rings. The Kier molecular flexibility index (Phi) is 3.55. The molecule has 0 unspecified atom stereocenters. The first-order valence-corrected chi connectivity index (χ1v) is 7.00. The molecule has 0 saturated heterocycles. The van der Waals surface area contributed by atoms with E-state index in [2.05, 4.69) is 5.32 Å². The summed E-state index contributed by atoms with van der Waals surface area (Å²) in [7, 11) is 0. The van der Waals surface area contributed by atoms with Crippen LogP contribution in [0.25, 0.3) is 0 Å². The second kappa shape index (κ2) is 5.37. The molecule has 108 valence electrons. The van der Waals surface area contributed by atoms with Crippen LogP contribution >= 0.6 is 11.6 Å². The molecule has 2 aromatic carbocycles. The quantitative estimate of drug-likeness (QED) is 0.890. The molecule has 3 nitrogen and oxygen atoms in total. The average molecular weight is 306 g/mol. The molecule has 0 bridgehead atoms. The molecule has 0 aliphatic heterocycles. The standard InChI is InChI=1S/C16H13ClFNO2/c17-10-5-6-11-9(8-10)4-7-13(11)19-16(21)15-12(18)2-1-3-14(15)20/h1-3,5-6,8,13,20H,4,7H2,(H,19,21)/t13-/m1/s1. The Hall–Kier alpha value is -2.07.